The molecule has 0 bridgehead atoms. The van der Waals surface area contributed by atoms with E-state index in [1.54, 1.807) is 0 Å². The molecule has 1 aromatic rings. The molecule has 110 valence electrons. The summed E-state index contributed by atoms with van der Waals surface area (Å²) in [4.78, 5) is 27.1. The number of rotatable bonds is 4. The van der Waals surface area contributed by atoms with Gasteiger partial charge in [-0.2, -0.15) is 0 Å². The van der Waals surface area contributed by atoms with Crippen molar-refractivity contribution >= 4 is 28.5 Å². The fraction of sp³-hybridized carbons (Fsp3) is 0.615. The van der Waals surface area contributed by atoms with Crippen molar-refractivity contribution in [2.45, 2.75) is 39.0 Å². The summed E-state index contributed by atoms with van der Waals surface area (Å²) in [5.41, 5.74) is 0.104. The van der Waals surface area contributed by atoms with Gasteiger partial charge in [0.2, 0.25) is 0 Å². The molecule has 0 spiro atoms. The highest BCUT2D eigenvalue weighted by Gasteiger charge is 2.50. The van der Waals surface area contributed by atoms with Crippen LogP contribution in [0.5, 0.6) is 0 Å². The van der Waals surface area contributed by atoms with Crippen LogP contribution in [0.15, 0.2) is 5.38 Å². The molecule has 1 heterocycles. The number of nitrogens with one attached hydrogen (secondary N) is 2. The highest BCUT2D eigenvalue weighted by molar-refractivity contribution is 7.13. The van der Waals surface area contributed by atoms with Gasteiger partial charge in [-0.1, -0.05) is 20.8 Å². The van der Waals surface area contributed by atoms with Gasteiger partial charge in [-0.3, -0.25) is 10.1 Å². The summed E-state index contributed by atoms with van der Waals surface area (Å²) in [5.74, 6) is -0.845. The van der Waals surface area contributed by atoms with Crippen LogP contribution in [0.4, 0.5) is 9.93 Å². The van der Waals surface area contributed by atoms with E-state index in [4.69, 9.17) is 5.11 Å². The fourth-order valence-corrected chi connectivity index (χ4v) is 2.62. The summed E-state index contributed by atoms with van der Waals surface area (Å²) in [6.45, 7) is 6.31. The van der Waals surface area contributed by atoms with Crippen molar-refractivity contribution in [2.75, 3.05) is 11.9 Å². The molecule has 3 N–H and O–H groups in total. The van der Waals surface area contributed by atoms with Gasteiger partial charge in [0.05, 0.1) is 11.1 Å². The van der Waals surface area contributed by atoms with Crippen molar-refractivity contribution in [3.8, 4) is 0 Å². The average Bonchev–Trinajstić information content (AvgIpc) is 2.98. The molecule has 1 saturated carbocycles. The number of amides is 2. The van der Waals surface area contributed by atoms with Crippen LogP contribution >= 0.6 is 11.3 Å². The Morgan fingerprint density at radius 2 is 2.10 bits per heavy atom. The van der Waals surface area contributed by atoms with E-state index in [2.05, 4.69) is 36.4 Å². The van der Waals surface area contributed by atoms with Gasteiger partial charge < -0.3 is 10.4 Å². The highest BCUT2D eigenvalue weighted by atomic mass is 32.1. The Morgan fingerprint density at radius 3 is 2.55 bits per heavy atom. The number of carboxylic acid groups (broad SMARTS) is 1. The zero-order valence-corrected chi connectivity index (χ0v) is 12.6. The molecule has 0 saturated heterocycles. The minimum atomic E-state index is -0.845. The lowest BCUT2D eigenvalue weighted by Gasteiger charge is -2.14. The maximum atomic E-state index is 11.7. The Balaban J connectivity index is 1.86. The molecular formula is C13H19N3O3S. The molecule has 0 aromatic carbocycles. The van der Waals surface area contributed by atoms with Crippen molar-refractivity contribution in [3.05, 3.63) is 11.1 Å². The first-order valence-corrected chi connectivity index (χ1v) is 7.35. The van der Waals surface area contributed by atoms with Crippen molar-refractivity contribution in [3.63, 3.8) is 0 Å². The van der Waals surface area contributed by atoms with Crippen LogP contribution in [0.3, 0.4) is 0 Å². The van der Waals surface area contributed by atoms with Crippen molar-refractivity contribution in [2.24, 2.45) is 5.41 Å². The molecule has 0 unspecified atom stereocenters. The van der Waals surface area contributed by atoms with Crippen LogP contribution < -0.4 is 10.6 Å². The number of carbonyl (C=O) groups is 2. The normalized spacial score (nSPS) is 16.6. The first-order chi connectivity index (χ1) is 9.23. The second-order valence-corrected chi connectivity index (χ2v) is 7.04. The highest BCUT2D eigenvalue weighted by Crippen LogP contribution is 2.45. The number of aliphatic carboxylic acids is 1. The number of thiazole rings is 1. The summed E-state index contributed by atoms with van der Waals surface area (Å²) >= 11 is 1.36. The lowest BCUT2D eigenvalue weighted by atomic mass is 9.93. The summed E-state index contributed by atoms with van der Waals surface area (Å²) in [7, 11) is 0. The van der Waals surface area contributed by atoms with Gasteiger partial charge in [-0.15, -0.1) is 11.3 Å². The first-order valence-electron chi connectivity index (χ1n) is 6.47. The predicted octanol–water partition coefficient (Wildman–Crippen LogP) is 2.43. The fourth-order valence-electron chi connectivity index (χ4n) is 1.68. The topological polar surface area (TPSA) is 91.3 Å². The van der Waals surface area contributed by atoms with E-state index >= 15 is 0 Å². The Bertz CT molecular complexity index is 529. The molecule has 1 aliphatic rings. The molecule has 0 atom stereocenters. The Morgan fingerprint density at radius 1 is 1.45 bits per heavy atom. The van der Waals surface area contributed by atoms with Crippen molar-refractivity contribution in [1.82, 2.24) is 10.3 Å². The van der Waals surface area contributed by atoms with E-state index in [-0.39, 0.29) is 12.0 Å². The van der Waals surface area contributed by atoms with Crippen molar-refractivity contribution < 1.29 is 14.7 Å². The number of anilines is 1. The smallest absolute Gasteiger partial charge is 0.321 e. The van der Waals surface area contributed by atoms with Gasteiger partial charge in [0.15, 0.2) is 5.13 Å². The van der Waals surface area contributed by atoms with Gasteiger partial charge >= 0.3 is 12.0 Å². The van der Waals surface area contributed by atoms with E-state index in [1.165, 1.54) is 11.3 Å². The summed E-state index contributed by atoms with van der Waals surface area (Å²) in [6.07, 6.45) is 1.24. The van der Waals surface area contributed by atoms with Crippen LogP contribution in [-0.4, -0.2) is 28.6 Å². The molecular weight excluding hydrogens is 278 g/mol. The third kappa shape index (κ3) is 3.27. The molecule has 1 fully saturated rings. The molecule has 7 heteroatoms. The molecule has 1 aromatic heterocycles. The molecule has 0 radical (unpaired) electrons. The molecule has 1 aliphatic carbocycles. The van der Waals surface area contributed by atoms with E-state index in [0.29, 0.717) is 18.0 Å². The maximum absolute atomic E-state index is 11.7. The number of carbonyl (C=O) groups excluding carboxylic acids is 1. The van der Waals surface area contributed by atoms with Crippen LogP contribution in [0.2, 0.25) is 0 Å². The largest absolute Gasteiger partial charge is 0.481 e. The molecule has 2 amide bonds. The van der Waals surface area contributed by atoms with Crippen LogP contribution in [0, 0.1) is 5.41 Å². The molecule has 2 rings (SSSR count). The van der Waals surface area contributed by atoms with Gasteiger partial charge in [0.25, 0.3) is 0 Å². The number of urea groups is 1. The van der Waals surface area contributed by atoms with Gasteiger partial charge in [0.1, 0.15) is 0 Å². The third-order valence-corrected chi connectivity index (χ3v) is 4.15. The average molecular weight is 297 g/mol. The summed E-state index contributed by atoms with van der Waals surface area (Å²) < 4.78 is 0. The quantitative estimate of drug-likeness (QED) is 0.796. The molecule has 6 nitrogen and oxygen atoms in total. The first kappa shape index (κ1) is 14.8. The lowest BCUT2D eigenvalue weighted by Crippen LogP contribution is -2.36. The number of aromatic nitrogens is 1. The summed E-state index contributed by atoms with van der Waals surface area (Å²) in [6, 6.07) is -0.410. The zero-order valence-electron chi connectivity index (χ0n) is 11.8. The maximum Gasteiger partial charge on any atom is 0.321 e. The second-order valence-electron chi connectivity index (χ2n) is 6.18. The zero-order chi connectivity index (χ0) is 15.0. The van der Waals surface area contributed by atoms with E-state index in [0.717, 1.165) is 5.69 Å². The number of hydrogen-bond donors (Lipinski definition) is 3. The van der Waals surface area contributed by atoms with Gasteiger partial charge in [-0.25, -0.2) is 9.78 Å². The minimum absolute atomic E-state index is 0.0612. The Kier molecular flexibility index (Phi) is 3.73. The van der Waals surface area contributed by atoms with E-state index < -0.39 is 17.4 Å². The Hall–Kier alpha value is -1.63. The third-order valence-electron chi connectivity index (χ3n) is 3.39. The molecule has 20 heavy (non-hydrogen) atoms. The predicted molar refractivity (Wildman–Crippen MR) is 77.1 cm³/mol. The number of nitrogens with zero attached hydrogens (tertiary/aromatic N) is 1. The monoisotopic (exact) mass is 297 g/mol. The lowest BCUT2D eigenvalue weighted by molar-refractivity contribution is -0.143. The van der Waals surface area contributed by atoms with E-state index in [9.17, 15) is 9.59 Å². The van der Waals surface area contributed by atoms with Crippen LogP contribution in [-0.2, 0) is 10.2 Å². The second kappa shape index (κ2) is 5.05. The minimum Gasteiger partial charge on any atom is -0.481 e. The van der Waals surface area contributed by atoms with E-state index in [1.807, 2.05) is 5.38 Å². The van der Waals surface area contributed by atoms with Crippen molar-refractivity contribution in [1.29, 1.82) is 0 Å². The van der Waals surface area contributed by atoms with Crippen LogP contribution in [0.25, 0.3) is 0 Å². The Labute approximate surface area is 121 Å². The van der Waals surface area contributed by atoms with Gasteiger partial charge in [0, 0.05) is 17.3 Å². The number of carboxylic acids is 1. The SMILES string of the molecule is CC(C)(C)c1csc(NC(=O)NCC2(C(=O)O)CC2)n1. The van der Waals surface area contributed by atoms with Gasteiger partial charge in [-0.05, 0) is 12.8 Å². The molecule has 0 aliphatic heterocycles. The number of hydrogen-bond acceptors (Lipinski definition) is 4. The van der Waals surface area contributed by atoms with Crippen LogP contribution in [0.1, 0.15) is 39.3 Å². The standard InChI is InChI=1S/C13H19N3O3S/c1-12(2,3)8-6-20-11(15-8)16-10(19)14-7-13(4-5-13)9(17)18/h6H,4-5,7H2,1-3H3,(H,17,18)(H2,14,15,16,19). The summed E-state index contributed by atoms with van der Waals surface area (Å²) in [5, 5.41) is 16.7.